The van der Waals surface area contributed by atoms with Crippen LogP contribution in [0.25, 0.3) is 0 Å². The molecule has 0 aliphatic carbocycles. The smallest absolute Gasteiger partial charge is 0.272 e. The van der Waals surface area contributed by atoms with Gasteiger partial charge in [0.25, 0.3) is 5.91 Å². The van der Waals surface area contributed by atoms with Gasteiger partial charge in [0, 0.05) is 25.3 Å². The van der Waals surface area contributed by atoms with E-state index in [-0.39, 0.29) is 11.9 Å². The van der Waals surface area contributed by atoms with Gasteiger partial charge in [0.1, 0.15) is 5.69 Å². The minimum Gasteiger partial charge on any atom is -0.399 e. The summed E-state index contributed by atoms with van der Waals surface area (Å²) in [4.78, 5) is 14.6. The average molecular weight is 286 g/mol. The average Bonchev–Trinajstić information content (AvgIpc) is 2.76. The maximum absolute atomic E-state index is 12.7. The van der Waals surface area contributed by atoms with Crippen molar-refractivity contribution in [3.8, 4) is 0 Å². The number of carbonyl (C=O) groups is 1. The van der Waals surface area contributed by atoms with Crippen LogP contribution in [0.15, 0.2) is 30.3 Å². The monoisotopic (exact) mass is 286 g/mol. The van der Waals surface area contributed by atoms with Crippen molar-refractivity contribution >= 4 is 11.6 Å². The first-order chi connectivity index (χ1) is 9.88. The topological polar surface area (TPSA) is 64.2 Å². The fourth-order valence-corrected chi connectivity index (χ4v) is 2.27. The molecule has 21 heavy (non-hydrogen) atoms. The second-order valence-corrected chi connectivity index (χ2v) is 5.56. The van der Waals surface area contributed by atoms with Crippen LogP contribution in [0.5, 0.6) is 0 Å². The molecule has 112 valence electrons. The van der Waals surface area contributed by atoms with Gasteiger partial charge in [-0.05, 0) is 44.5 Å². The minimum absolute atomic E-state index is 0.00933. The Morgan fingerprint density at radius 3 is 2.43 bits per heavy atom. The molecular weight excluding hydrogens is 264 g/mol. The summed E-state index contributed by atoms with van der Waals surface area (Å²) in [7, 11) is 1.79. The highest BCUT2D eigenvalue weighted by molar-refractivity contribution is 5.92. The first-order valence-corrected chi connectivity index (χ1v) is 7.04. The molecule has 2 N–H and O–H groups in total. The molecule has 0 fully saturated rings. The molecule has 0 saturated carbocycles. The summed E-state index contributed by atoms with van der Waals surface area (Å²) in [6.07, 6.45) is 0. The van der Waals surface area contributed by atoms with Gasteiger partial charge in [0.2, 0.25) is 0 Å². The Balaban J connectivity index is 2.24. The van der Waals surface area contributed by atoms with Crippen molar-refractivity contribution in [3.63, 3.8) is 0 Å². The van der Waals surface area contributed by atoms with Gasteiger partial charge < -0.3 is 10.6 Å². The van der Waals surface area contributed by atoms with Crippen LogP contribution >= 0.6 is 0 Å². The zero-order chi connectivity index (χ0) is 15.6. The Kier molecular flexibility index (Phi) is 4.31. The van der Waals surface area contributed by atoms with Crippen molar-refractivity contribution in [2.75, 3.05) is 5.73 Å². The molecule has 0 spiro atoms. The minimum atomic E-state index is -0.00933. The van der Waals surface area contributed by atoms with Crippen LogP contribution in [0.1, 0.15) is 35.6 Å². The summed E-state index contributed by atoms with van der Waals surface area (Å²) < 4.78 is 1.63. The summed E-state index contributed by atoms with van der Waals surface area (Å²) in [5, 5.41) is 4.25. The van der Waals surface area contributed by atoms with E-state index in [9.17, 15) is 4.79 Å². The van der Waals surface area contributed by atoms with E-state index in [1.54, 1.807) is 11.7 Å². The highest BCUT2D eigenvalue weighted by Crippen LogP contribution is 2.15. The molecule has 0 bridgehead atoms. The quantitative estimate of drug-likeness (QED) is 0.878. The molecule has 1 heterocycles. The highest BCUT2D eigenvalue weighted by atomic mass is 16.2. The molecule has 2 rings (SSSR count). The van der Waals surface area contributed by atoms with E-state index in [1.165, 1.54) is 0 Å². The summed E-state index contributed by atoms with van der Waals surface area (Å²) in [5.41, 5.74) is 8.94. The molecule has 0 atom stereocenters. The van der Waals surface area contributed by atoms with Gasteiger partial charge >= 0.3 is 0 Å². The van der Waals surface area contributed by atoms with E-state index in [0.717, 1.165) is 16.9 Å². The zero-order valence-electron chi connectivity index (χ0n) is 13.0. The van der Waals surface area contributed by atoms with Gasteiger partial charge in [-0.25, -0.2) is 0 Å². The number of hydrogen-bond donors (Lipinski definition) is 1. The normalized spacial score (nSPS) is 10.9. The second-order valence-electron chi connectivity index (χ2n) is 5.56. The lowest BCUT2D eigenvalue weighted by molar-refractivity contribution is 0.0679. The van der Waals surface area contributed by atoms with Crippen molar-refractivity contribution < 1.29 is 4.79 Å². The molecule has 0 radical (unpaired) electrons. The SMILES string of the molecule is Cc1cc(C(=O)N(Cc2ccc(N)cc2)C(C)C)n(C)n1. The number of aromatic nitrogens is 2. The van der Waals surface area contributed by atoms with Crippen molar-refractivity contribution in [2.45, 2.75) is 33.4 Å². The number of nitrogens with zero attached hydrogens (tertiary/aromatic N) is 3. The van der Waals surface area contributed by atoms with Crippen LogP contribution in [0, 0.1) is 6.92 Å². The van der Waals surface area contributed by atoms with Crippen LogP contribution in [0.4, 0.5) is 5.69 Å². The number of nitrogen functional groups attached to an aromatic ring is 1. The largest absolute Gasteiger partial charge is 0.399 e. The fourth-order valence-electron chi connectivity index (χ4n) is 2.27. The summed E-state index contributed by atoms with van der Waals surface area (Å²) >= 11 is 0. The second kappa shape index (κ2) is 5.99. The van der Waals surface area contributed by atoms with E-state index in [0.29, 0.717) is 12.2 Å². The number of benzene rings is 1. The first kappa shape index (κ1) is 15.1. The molecule has 0 unspecified atom stereocenters. The van der Waals surface area contributed by atoms with Crippen molar-refractivity contribution in [1.82, 2.24) is 14.7 Å². The lowest BCUT2D eigenvalue weighted by atomic mass is 10.1. The first-order valence-electron chi connectivity index (χ1n) is 7.04. The van der Waals surface area contributed by atoms with Crippen LogP contribution in [0.2, 0.25) is 0 Å². The Morgan fingerprint density at radius 1 is 1.33 bits per heavy atom. The lowest BCUT2D eigenvalue weighted by Gasteiger charge is -2.27. The zero-order valence-corrected chi connectivity index (χ0v) is 13.0. The number of anilines is 1. The molecule has 1 aromatic carbocycles. The van der Waals surface area contributed by atoms with E-state index in [4.69, 9.17) is 5.73 Å². The Labute approximate surface area is 125 Å². The van der Waals surface area contributed by atoms with Crippen LogP contribution in [-0.2, 0) is 13.6 Å². The summed E-state index contributed by atoms with van der Waals surface area (Å²) in [6.45, 7) is 6.47. The van der Waals surface area contributed by atoms with E-state index < -0.39 is 0 Å². The Morgan fingerprint density at radius 2 is 1.95 bits per heavy atom. The number of rotatable bonds is 4. The summed E-state index contributed by atoms with van der Waals surface area (Å²) in [6, 6.07) is 9.53. The number of amides is 1. The number of carbonyl (C=O) groups excluding carboxylic acids is 1. The van der Waals surface area contributed by atoms with E-state index in [1.807, 2.05) is 56.0 Å². The molecular formula is C16H22N4O. The number of hydrogen-bond acceptors (Lipinski definition) is 3. The maximum Gasteiger partial charge on any atom is 0.272 e. The van der Waals surface area contributed by atoms with Gasteiger partial charge in [0.15, 0.2) is 0 Å². The molecule has 1 amide bonds. The Hall–Kier alpha value is -2.30. The molecule has 5 nitrogen and oxygen atoms in total. The van der Waals surface area contributed by atoms with Gasteiger partial charge in [-0.2, -0.15) is 5.10 Å². The predicted molar refractivity (Wildman–Crippen MR) is 83.8 cm³/mol. The molecule has 0 aliphatic rings. The lowest BCUT2D eigenvalue weighted by Crippen LogP contribution is -2.37. The van der Waals surface area contributed by atoms with E-state index >= 15 is 0 Å². The van der Waals surface area contributed by atoms with Crippen LogP contribution in [-0.4, -0.2) is 26.6 Å². The molecule has 1 aromatic heterocycles. The predicted octanol–water partition coefficient (Wildman–Crippen LogP) is 2.36. The fraction of sp³-hybridized carbons (Fsp3) is 0.375. The summed E-state index contributed by atoms with van der Waals surface area (Å²) in [5.74, 6) is -0.00933. The van der Waals surface area contributed by atoms with Crippen molar-refractivity contribution in [3.05, 3.63) is 47.3 Å². The van der Waals surface area contributed by atoms with Crippen molar-refractivity contribution in [2.24, 2.45) is 7.05 Å². The van der Waals surface area contributed by atoms with Crippen LogP contribution < -0.4 is 5.73 Å². The van der Waals surface area contributed by atoms with Crippen molar-refractivity contribution in [1.29, 1.82) is 0 Å². The maximum atomic E-state index is 12.7. The standard InChI is InChI=1S/C16H22N4O/c1-11(2)20(10-13-5-7-14(17)8-6-13)16(21)15-9-12(3)18-19(15)4/h5-9,11H,10,17H2,1-4H3. The third kappa shape index (κ3) is 3.42. The molecule has 0 saturated heterocycles. The number of nitrogens with two attached hydrogens (primary N) is 1. The third-order valence-electron chi connectivity index (χ3n) is 3.44. The highest BCUT2D eigenvalue weighted by Gasteiger charge is 2.22. The Bertz CT molecular complexity index is 628. The molecule has 5 heteroatoms. The van der Waals surface area contributed by atoms with Gasteiger partial charge in [0.05, 0.1) is 5.69 Å². The third-order valence-corrected chi connectivity index (χ3v) is 3.44. The van der Waals surface area contributed by atoms with E-state index in [2.05, 4.69) is 5.10 Å². The van der Waals surface area contributed by atoms with Crippen LogP contribution in [0.3, 0.4) is 0 Å². The van der Waals surface area contributed by atoms with Gasteiger partial charge in [-0.15, -0.1) is 0 Å². The molecule has 0 aliphatic heterocycles. The van der Waals surface area contributed by atoms with Gasteiger partial charge in [-0.3, -0.25) is 9.48 Å². The number of aryl methyl sites for hydroxylation is 2. The van der Waals surface area contributed by atoms with Gasteiger partial charge in [-0.1, -0.05) is 12.1 Å². The molecule has 2 aromatic rings.